The zero-order valence-electron chi connectivity index (χ0n) is 14.4. The summed E-state index contributed by atoms with van der Waals surface area (Å²) >= 11 is 7.17. The van der Waals surface area contributed by atoms with E-state index in [-0.39, 0.29) is 5.41 Å². The van der Waals surface area contributed by atoms with Gasteiger partial charge in [-0.15, -0.1) is 0 Å². The highest BCUT2D eigenvalue weighted by atomic mass is 79.9. The van der Waals surface area contributed by atoms with Crippen LogP contribution in [0.2, 0.25) is 0 Å². The van der Waals surface area contributed by atoms with Crippen LogP contribution in [-0.2, 0) is 16.7 Å². The van der Waals surface area contributed by atoms with Crippen molar-refractivity contribution in [2.75, 3.05) is 26.9 Å². The maximum Gasteiger partial charge on any atom is 0.133 e. The van der Waals surface area contributed by atoms with Crippen LogP contribution in [0.1, 0.15) is 24.0 Å². The van der Waals surface area contributed by atoms with Crippen molar-refractivity contribution in [3.8, 4) is 5.75 Å². The van der Waals surface area contributed by atoms with Crippen LogP contribution >= 0.6 is 31.9 Å². The fourth-order valence-corrected chi connectivity index (χ4v) is 4.40. The van der Waals surface area contributed by atoms with E-state index < -0.39 is 0 Å². The number of hydrogen-bond acceptors (Lipinski definition) is 3. The molecule has 1 N–H and O–H groups in total. The molecule has 1 heterocycles. The van der Waals surface area contributed by atoms with Crippen molar-refractivity contribution in [1.82, 2.24) is 5.32 Å². The summed E-state index contributed by atoms with van der Waals surface area (Å²) in [6.07, 6.45) is 2.09. The third-order valence-electron chi connectivity index (χ3n) is 4.90. The first kappa shape index (κ1) is 18.9. The second-order valence-corrected chi connectivity index (χ2v) is 8.25. The van der Waals surface area contributed by atoms with Crippen LogP contribution in [0.25, 0.3) is 0 Å². The van der Waals surface area contributed by atoms with Crippen molar-refractivity contribution in [2.45, 2.75) is 24.8 Å². The number of benzene rings is 2. The van der Waals surface area contributed by atoms with E-state index in [1.54, 1.807) is 7.11 Å². The first-order valence-corrected chi connectivity index (χ1v) is 10.1. The minimum atomic E-state index is 0.131. The predicted octanol–water partition coefficient (Wildman–Crippen LogP) is 5.06. The minimum absolute atomic E-state index is 0.131. The lowest BCUT2D eigenvalue weighted by Gasteiger charge is -2.38. The van der Waals surface area contributed by atoms with Crippen LogP contribution in [0.15, 0.2) is 51.4 Å². The van der Waals surface area contributed by atoms with Crippen molar-refractivity contribution in [1.29, 1.82) is 0 Å². The van der Waals surface area contributed by atoms with Gasteiger partial charge in [0.15, 0.2) is 0 Å². The zero-order valence-corrected chi connectivity index (χ0v) is 17.5. The molecule has 0 unspecified atom stereocenters. The third-order valence-corrected chi connectivity index (χ3v) is 6.01. The van der Waals surface area contributed by atoms with Crippen molar-refractivity contribution in [3.63, 3.8) is 0 Å². The average Bonchev–Trinajstić information content (AvgIpc) is 2.63. The molecule has 134 valence electrons. The summed E-state index contributed by atoms with van der Waals surface area (Å²) in [5.74, 6) is 0.860. The van der Waals surface area contributed by atoms with Gasteiger partial charge in [0.1, 0.15) is 5.75 Å². The van der Waals surface area contributed by atoms with Crippen LogP contribution < -0.4 is 10.1 Å². The van der Waals surface area contributed by atoms with Crippen molar-refractivity contribution >= 4 is 31.9 Å². The van der Waals surface area contributed by atoms with E-state index >= 15 is 0 Å². The molecule has 25 heavy (non-hydrogen) atoms. The maximum absolute atomic E-state index is 5.62. The quantitative estimate of drug-likeness (QED) is 0.642. The highest BCUT2D eigenvalue weighted by molar-refractivity contribution is 9.10. The summed E-state index contributed by atoms with van der Waals surface area (Å²) in [5, 5.41) is 3.66. The van der Waals surface area contributed by atoms with Crippen molar-refractivity contribution in [3.05, 3.63) is 62.5 Å². The molecule has 1 aliphatic rings. The summed E-state index contributed by atoms with van der Waals surface area (Å²) in [4.78, 5) is 0. The van der Waals surface area contributed by atoms with E-state index in [0.29, 0.717) is 0 Å². The Bertz CT molecular complexity index is 715. The van der Waals surface area contributed by atoms with E-state index in [9.17, 15) is 0 Å². The molecule has 0 atom stereocenters. The van der Waals surface area contributed by atoms with E-state index in [4.69, 9.17) is 9.47 Å². The molecule has 3 rings (SSSR count). The van der Waals surface area contributed by atoms with Gasteiger partial charge in [0.2, 0.25) is 0 Å². The molecule has 0 aromatic heterocycles. The van der Waals surface area contributed by atoms with Gasteiger partial charge in [0.25, 0.3) is 0 Å². The number of methoxy groups -OCH3 is 1. The Hall–Kier alpha value is -0.880. The highest BCUT2D eigenvalue weighted by Gasteiger charge is 2.34. The Morgan fingerprint density at radius 1 is 1.12 bits per heavy atom. The van der Waals surface area contributed by atoms with Gasteiger partial charge < -0.3 is 14.8 Å². The van der Waals surface area contributed by atoms with Crippen LogP contribution in [0.3, 0.4) is 0 Å². The van der Waals surface area contributed by atoms with Crippen LogP contribution in [0, 0.1) is 0 Å². The predicted molar refractivity (Wildman–Crippen MR) is 108 cm³/mol. The Labute approximate surface area is 166 Å². The molecule has 1 fully saturated rings. The van der Waals surface area contributed by atoms with Gasteiger partial charge in [-0.2, -0.15) is 0 Å². The largest absolute Gasteiger partial charge is 0.496 e. The van der Waals surface area contributed by atoms with Crippen LogP contribution in [-0.4, -0.2) is 26.9 Å². The molecular formula is C20H23Br2NO2. The van der Waals surface area contributed by atoms with E-state index in [1.165, 1.54) is 11.1 Å². The fraction of sp³-hybridized carbons (Fsp3) is 0.400. The van der Waals surface area contributed by atoms with Gasteiger partial charge >= 0.3 is 0 Å². The number of nitrogens with one attached hydrogen (secondary N) is 1. The van der Waals surface area contributed by atoms with Crippen LogP contribution in [0.5, 0.6) is 5.75 Å². The Balaban J connectivity index is 1.70. The molecule has 2 aromatic carbocycles. The summed E-state index contributed by atoms with van der Waals surface area (Å²) in [5.41, 5.74) is 2.75. The molecule has 0 bridgehead atoms. The second kappa shape index (κ2) is 8.67. The molecular weight excluding hydrogens is 446 g/mol. The topological polar surface area (TPSA) is 30.5 Å². The van der Waals surface area contributed by atoms with Gasteiger partial charge in [-0.1, -0.05) is 34.1 Å². The lowest BCUT2D eigenvalue weighted by molar-refractivity contribution is 0.0497. The van der Waals surface area contributed by atoms with Gasteiger partial charge in [-0.3, -0.25) is 0 Å². The molecule has 0 saturated carbocycles. The number of rotatable bonds is 6. The Morgan fingerprint density at radius 2 is 1.92 bits per heavy atom. The van der Waals surface area contributed by atoms with Crippen molar-refractivity contribution in [2.24, 2.45) is 0 Å². The summed E-state index contributed by atoms with van der Waals surface area (Å²) in [7, 11) is 1.69. The van der Waals surface area contributed by atoms with Crippen LogP contribution in [0.4, 0.5) is 0 Å². The molecule has 1 saturated heterocycles. The highest BCUT2D eigenvalue weighted by Crippen LogP contribution is 2.35. The van der Waals surface area contributed by atoms with Gasteiger partial charge in [-0.05, 0) is 64.2 Å². The van der Waals surface area contributed by atoms with Gasteiger partial charge in [0, 0.05) is 36.2 Å². The molecule has 0 radical (unpaired) electrons. The second-order valence-electron chi connectivity index (χ2n) is 6.48. The van der Waals surface area contributed by atoms with E-state index in [2.05, 4.69) is 73.6 Å². The molecule has 0 aliphatic carbocycles. The first-order chi connectivity index (χ1) is 12.1. The molecule has 1 aliphatic heterocycles. The molecule has 3 nitrogen and oxygen atoms in total. The standard InChI is InChI=1S/C20H23Br2NO2/c1-24-19-6-5-15(11-18(19)22)13-23-14-20(7-9-25-10-8-20)16-3-2-4-17(21)12-16/h2-6,11-12,23H,7-10,13-14H2,1H3. The lowest BCUT2D eigenvalue weighted by Crippen LogP contribution is -2.42. The maximum atomic E-state index is 5.62. The molecule has 0 amide bonds. The zero-order chi connectivity index (χ0) is 17.7. The average molecular weight is 469 g/mol. The van der Waals surface area contributed by atoms with Gasteiger partial charge in [-0.25, -0.2) is 0 Å². The SMILES string of the molecule is COc1ccc(CNCC2(c3cccc(Br)c3)CCOCC2)cc1Br. The monoisotopic (exact) mass is 467 g/mol. The number of halogens is 2. The fourth-order valence-electron chi connectivity index (χ4n) is 3.41. The smallest absolute Gasteiger partial charge is 0.133 e. The lowest BCUT2D eigenvalue weighted by atomic mass is 9.74. The van der Waals surface area contributed by atoms with E-state index in [0.717, 1.165) is 53.8 Å². The molecule has 5 heteroatoms. The Kier molecular flexibility index (Phi) is 6.55. The van der Waals surface area contributed by atoms with Gasteiger partial charge in [0.05, 0.1) is 11.6 Å². The summed E-state index contributed by atoms with van der Waals surface area (Å²) < 4.78 is 13.0. The summed E-state index contributed by atoms with van der Waals surface area (Å²) in [6, 6.07) is 14.9. The molecule has 0 spiro atoms. The first-order valence-electron chi connectivity index (χ1n) is 8.50. The Morgan fingerprint density at radius 3 is 2.60 bits per heavy atom. The summed E-state index contributed by atoms with van der Waals surface area (Å²) in [6.45, 7) is 3.42. The molecule has 2 aromatic rings. The minimum Gasteiger partial charge on any atom is -0.496 e. The number of hydrogen-bond donors (Lipinski definition) is 1. The third kappa shape index (κ3) is 4.64. The van der Waals surface area contributed by atoms with Crippen molar-refractivity contribution < 1.29 is 9.47 Å². The number of ether oxygens (including phenoxy) is 2. The van der Waals surface area contributed by atoms with E-state index in [1.807, 2.05) is 6.07 Å². The normalized spacial score (nSPS) is 16.6.